The summed E-state index contributed by atoms with van der Waals surface area (Å²) in [6.45, 7) is 8.90. The molecule has 10 heteroatoms. The molecule has 9 nitrogen and oxygen atoms in total. The van der Waals surface area contributed by atoms with Crippen molar-refractivity contribution in [2.75, 3.05) is 45.9 Å². The van der Waals surface area contributed by atoms with Crippen molar-refractivity contribution in [1.29, 1.82) is 0 Å². The zero-order valence-corrected chi connectivity index (χ0v) is 16.6. The first-order valence-electron chi connectivity index (χ1n) is 8.42. The van der Waals surface area contributed by atoms with Crippen molar-refractivity contribution < 1.29 is 37.6 Å². The van der Waals surface area contributed by atoms with Gasteiger partial charge in [-0.05, 0) is 34.6 Å². The van der Waals surface area contributed by atoms with E-state index in [1.165, 1.54) is 0 Å². The van der Waals surface area contributed by atoms with Crippen LogP contribution in [0.3, 0.4) is 0 Å². The summed E-state index contributed by atoms with van der Waals surface area (Å²) in [5.41, 5.74) is 0. The zero-order chi connectivity index (χ0) is 19.3. The van der Waals surface area contributed by atoms with Crippen LogP contribution in [-0.2, 0) is 32.8 Å². The Kier molecular flexibility index (Phi) is 12.5. The third-order valence-electron chi connectivity index (χ3n) is 2.81. The van der Waals surface area contributed by atoms with E-state index in [1.807, 2.05) is 0 Å². The summed E-state index contributed by atoms with van der Waals surface area (Å²) in [4.78, 5) is 24.9. The molecule has 0 fully saturated rings. The van der Waals surface area contributed by atoms with Crippen molar-refractivity contribution in [3.05, 3.63) is 0 Å². The van der Waals surface area contributed by atoms with Crippen molar-refractivity contribution in [3.8, 4) is 0 Å². The van der Waals surface area contributed by atoms with E-state index < -0.39 is 32.0 Å². The van der Waals surface area contributed by atoms with Crippen LogP contribution in [0.25, 0.3) is 0 Å². The lowest BCUT2D eigenvalue weighted by atomic mass is 10.6. The van der Waals surface area contributed by atoms with E-state index in [2.05, 4.69) is 0 Å². The van der Waals surface area contributed by atoms with Crippen LogP contribution in [-0.4, -0.2) is 68.9 Å². The predicted octanol–water partition coefficient (Wildman–Crippen LogP) is 2.64. The van der Waals surface area contributed by atoms with E-state index in [9.17, 15) is 14.2 Å². The van der Waals surface area contributed by atoms with Crippen LogP contribution < -0.4 is 0 Å². The summed E-state index contributed by atoms with van der Waals surface area (Å²) < 4.78 is 39.2. The van der Waals surface area contributed by atoms with Crippen molar-refractivity contribution in [3.63, 3.8) is 0 Å². The number of amides is 1. The van der Waals surface area contributed by atoms with Gasteiger partial charge in [-0.3, -0.25) is 14.3 Å². The molecule has 148 valence electrons. The van der Waals surface area contributed by atoms with E-state index in [0.717, 1.165) is 4.90 Å². The van der Waals surface area contributed by atoms with Gasteiger partial charge in [-0.1, -0.05) is 0 Å². The molecule has 0 aliphatic carbocycles. The second-order valence-electron chi connectivity index (χ2n) is 4.70. The van der Waals surface area contributed by atoms with Crippen LogP contribution in [0.1, 0.15) is 34.6 Å². The number of hydrogen-bond donors (Lipinski definition) is 0. The van der Waals surface area contributed by atoms with Gasteiger partial charge in [-0.15, -0.1) is 0 Å². The fourth-order valence-corrected chi connectivity index (χ4v) is 4.15. The minimum atomic E-state index is -3.60. The summed E-state index contributed by atoms with van der Waals surface area (Å²) in [6, 6.07) is -1.14. The first-order chi connectivity index (χ1) is 11.9. The smallest absolute Gasteiger partial charge is 0.410 e. The Bertz CT molecular complexity index is 439. The highest BCUT2D eigenvalue weighted by molar-refractivity contribution is 7.59. The molecule has 25 heavy (non-hydrogen) atoms. The molecular formula is C15H30NO8P. The summed E-state index contributed by atoms with van der Waals surface area (Å²) in [5, 5.41) is 0. The number of esters is 1. The molecule has 0 aliphatic heterocycles. The van der Waals surface area contributed by atoms with Crippen LogP contribution in [0.4, 0.5) is 4.79 Å². The number of rotatable bonds is 13. The fourth-order valence-electron chi connectivity index (χ4n) is 1.93. The maximum atomic E-state index is 13.3. The van der Waals surface area contributed by atoms with Crippen LogP contribution >= 0.6 is 7.37 Å². The van der Waals surface area contributed by atoms with Crippen molar-refractivity contribution in [2.24, 2.45) is 0 Å². The Hall–Kier alpha value is -1.15. The highest BCUT2D eigenvalue weighted by atomic mass is 31.2. The Morgan fingerprint density at radius 1 is 0.880 bits per heavy atom. The Balaban J connectivity index is 5.45. The molecule has 0 aliphatic rings. The van der Waals surface area contributed by atoms with Gasteiger partial charge >= 0.3 is 12.1 Å². The topological polar surface area (TPSA) is 101 Å². The molecule has 1 amide bonds. The van der Waals surface area contributed by atoms with Crippen LogP contribution in [0.5, 0.6) is 0 Å². The lowest BCUT2D eigenvalue weighted by Crippen LogP contribution is -2.39. The normalized spacial score (nSPS) is 13.4. The van der Waals surface area contributed by atoms with E-state index in [-0.39, 0.29) is 39.3 Å². The highest BCUT2D eigenvalue weighted by Gasteiger charge is 2.40. The second kappa shape index (κ2) is 13.1. The first-order valence-corrected chi connectivity index (χ1v) is 10.3. The van der Waals surface area contributed by atoms with Crippen LogP contribution in [0.2, 0.25) is 0 Å². The Morgan fingerprint density at radius 3 is 1.88 bits per heavy atom. The highest BCUT2D eigenvalue weighted by Crippen LogP contribution is 2.53. The number of carbonyl (C=O) groups is 2. The van der Waals surface area contributed by atoms with Crippen molar-refractivity contribution in [2.45, 2.75) is 40.6 Å². The van der Waals surface area contributed by atoms with Crippen molar-refractivity contribution in [1.82, 2.24) is 4.90 Å². The van der Waals surface area contributed by atoms with E-state index in [4.69, 9.17) is 23.5 Å². The molecule has 0 saturated heterocycles. The fraction of sp³-hybridized carbons (Fsp3) is 0.867. The van der Waals surface area contributed by atoms with Gasteiger partial charge in [-0.2, -0.15) is 0 Å². The lowest BCUT2D eigenvalue weighted by molar-refractivity contribution is -0.144. The second-order valence-corrected chi connectivity index (χ2v) is 7.12. The van der Waals surface area contributed by atoms with Gasteiger partial charge in [0.25, 0.3) is 7.37 Å². The van der Waals surface area contributed by atoms with E-state index >= 15 is 0 Å². The lowest BCUT2D eigenvalue weighted by Gasteiger charge is -2.30. The SMILES string of the molecule is CCOC(=O)CN(CP(=O)(OCC)C(OCC)OCC)C(=O)OCC. The molecule has 1 atom stereocenters. The average Bonchev–Trinajstić information content (AvgIpc) is 2.54. The van der Waals surface area contributed by atoms with Crippen molar-refractivity contribution >= 4 is 19.4 Å². The van der Waals surface area contributed by atoms with E-state index in [1.54, 1.807) is 34.6 Å². The third kappa shape index (κ3) is 8.67. The molecule has 0 rings (SSSR count). The molecule has 0 aromatic heterocycles. The quantitative estimate of drug-likeness (QED) is 0.272. The standard InChI is InChI=1S/C15H30NO8P/c1-6-20-13(17)11-16(14(18)21-7-2)12-25(19,24-10-5)15(22-8-3)23-9-4/h15H,6-12H2,1-5H3. The largest absolute Gasteiger partial charge is 0.465 e. The predicted molar refractivity (Wildman–Crippen MR) is 91.5 cm³/mol. The molecule has 1 unspecified atom stereocenters. The minimum Gasteiger partial charge on any atom is -0.465 e. The van der Waals surface area contributed by atoms with Gasteiger partial charge < -0.3 is 23.5 Å². The van der Waals surface area contributed by atoms with E-state index in [0.29, 0.717) is 0 Å². The molecule has 0 radical (unpaired) electrons. The van der Waals surface area contributed by atoms with Crippen LogP contribution in [0, 0.1) is 0 Å². The summed E-state index contributed by atoms with van der Waals surface area (Å²) in [7, 11) is -3.60. The minimum absolute atomic E-state index is 0.109. The Morgan fingerprint density at radius 2 is 1.44 bits per heavy atom. The molecule has 0 saturated carbocycles. The van der Waals surface area contributed by atoms with Gasteiger partial charge in [-0.25, -0.2) is 4.79 Å². The summed E-state index contributed by atoms with van der Waals surface area (Å²) in [6.07, 6.45) is -1.18. The monoisotopic (exact) mass is 383 g/mol. The average molecular weight is 383 g/mol. The third-order valence-corrected chi connectivity index (χ3v) is 5.18. The maximum absolute atomic E-state index is 13.3. The molecule has 0 bridgehead atoms. The van der Waals surface area contributed by atoms with Gasteiger partial charge in [0.15, 0.2) is 0 Å². The molecular weight excluding hydrogens is 353 g/mol. The molecule has 0 aromatic carbocycles. The number of hydrogen-bond acceptors (Lipinski definition) is 8. The number of ether oxygens (including phenoxy) is 4. The molecule has 0 N–H and O–H groups in total. The molecule has 0 spiro atoms. The molecule has 0 aromatic rings. The Labute approximate surface area is 149 Å². The van der Waals surface area contributed by atoms with Gasteiger partial charge in [0.1, 0.15) is 12.8 Å². The van der Waals surface area contributed by atoms with Gasteiger partial charge in [0.05, 0.1) is 19.8 Å². The number of carbonyl (C=O) groups excluding carboxylic acids is 2. The van der Waals surface area contributed by atoms with Crippen LogP contribution in [0.15, 0.2) is 0 Å². The zero-order valence-electron chi connectivity index (χ0n) is 15.7. The van der Waals surface area contributed by atoms with Gasteiger partial charge in [0.2, 0.25) is 6.03 Å². The number of nitrogens with zero attached hydrogens (tertiary/aromatic N) is 1. The molecule has 0 heterocycles. The summed E-state index contributed by atoms with van der Waals surface area (Å²) >= 11 is 0. The summed E-state index contributed by atoms with van der Waals surface area (Å²) in [5.74, 6) is -0.636. The maximum Gasteiger partial charge on any atom is 0.410 e. The van der Waals surface area contributed by atoms with Gasteiger partial charge in [0, 0.05) is 13.2 Å². The first kappa shape index (κ1) is 23.9.